The van der Waals surface area contributed by atoms with Crippen LogP contribution in [0.25, 0.3) is 44.5 Å². The summed E-state index contributed by atoms with van der Waals surface area (Å²) in [6.45, 7) is 0. The Labute approximate surface area is 296 Å². The van der Waals surface area contributed by atoms with Gasteiger partial charge in [-0.05, 0) is 92.7 Å². The molecule has 240 valence electrons. The molecule has 8 aromatic carbocycles. The maximum Gasteiger partial charge on any atom is 0.227 e. The first-order chi connectivity index (χ1) is 25.3. The van der Waals surface area contributed by atoms with Crippen LogP contribution in [0.2, 0.25) is 0 Å². The standard InChI is InChI=1S/C48H32N2O/c1-4-15-34(16-5-1)47-49-45-29-27-40(32-46(45)51-47)50(38-25-24-33-14-10-11-17-35(33)30-38)39-26-28-42-41-22-12-13-23-43(41)48(44(42)31-39,36-18-6-2-7-19-36)37-20-8-3-9-21-37/h1-32H. The van der Waals surface area contributed by atoms with Gasteiger partial charge in [0.05, 0.1) is 5.41 Å². The van der Waals surface area contributed by atoms with E-state index in [1.165, 1.54) is 44.2 Å². The van der Waals surface area contributed by atoms with Crippen LogP contribution >= 0.6 is 0 Å². The summed E-state index contributed by atoms with van der Waals surface area (Å²) in [5.41, 5.74) is 12.7. The number of fused-ring (bicyclic) bond motifs is 5. The van der Waals surface area contributed by atoms with Crippen LogP contribution in [0.5, 0.6) is 0 Å². The van der Waals surface area contributed by atoms with E-state index in [1.807, 2.05) is 30.3 Å². The van der Waals surface area contributed by atoms with Crippen molar-refractivity contribution < 1.29 is 4.42 Å². The summed E-state index contributed by atoms with van der Waals surface area (Å²) in [5.74, 6) is 0.616. The molecule has 1 aliphatic carbocycles. The summed E-state index contributed by atoms with van der Waals surface area (Å²) in [6, 6.07) is 69.4. The van der Waals surface area contributed by atoms with Crippen molar-refractivity contribution in [2.45, 2.75) is 5.41 Å². The first-order valence-electron chi connectivity index (χ1n) is 17.4. The maximum atomic E-state index is 6.41. The zero-order valence-corrected chi connectivity index (χ0v) is 27.8. The Morgan fingerprint density at radius 1 is 0.431 bits per heavy atom. The molecule has 1 aromatic heterocycles. The second kappa shape index (κ2) is 11.7. The molecule has 3 nitrogen and oxygen atoms in total. The lowest BCUT2D eigenvalue weighted by atomic mass is 9.67. The highest BCUT2D eigenvalue weighted by molar-refractivity contribution is 5.93. The van der Waals surface area contributed by atoms with Crippen molar-refractivity contribution in [2.75, 3.05) is 4.90 Å². The van der Waals surface area contributed by atoms with Gasteiger partial charge in [-0.15, -0.1) is 0 Å². The largest absolute Gasteiger partial charge is 0.436 e. The summed E-state index contributed by atoms with van der Waals surface area (Å²) < 4.78 is 6.41. The van der Waals surface area contributed by atoms with Crippen molar-refractivity contribution in [2.24, 2.45) is 0 Å². The Morgan fingerprint density at radius 2 is 1.00 bits per heavy atom. The smallest absolute Gasteiger partial charge is 0.227 e. The highest BCUT2D eigenvalue weighted by atomic mass is 16.3. The van der Waals surface area contributed by atoms with Gasteiger partial charge in [-0.1, -0.05) is 140 Å². The van der Waals surface area contributed by atoms with Crippen LogP contribution in [0.1, 0.15) is 22.3 Å². The van der Waals surface area contributed by atoms with E-state index in [4.69, 9.17) is 9.40 Å². The number of rotatable bonds is 6. The van der Waals surface area contributed by atoms with Gasteiger partial charge < -0.3 is 9.32 Å². The second-order valence-electron chi connectivity index (χ2n) is 13.2. The average Bonchev–Trinajstić information content (AvgIpc) is 3.76. The molecule has 0 N–H and O–H groups in total. The van der Waals surface area contributed by atoms with Crippen LogP contribution in [0, 0.1) is 0 Å². The number of benzene rings is 8. The predicted molar refractivity (Wildman–Crippen MR) is 209 cm³/mol. The van der Waals surface area contributed by atoms with E-state index in [9.17, 15) is 0 Å². The van der Waals surface area contributed by atoms with Crippen molar-refractivity contribution in [1.82, 2.24) is 4.98 Å². The van der Waals surface area contributed by atoms with Gasteiger partial charge in [0.2, 0.25) is 5.89 Å². The molecule has 0 atom stereocenters. The number of anilines is 3. The molecule has 51 heavy (non-hydrogen) atoms. The number of oxazole rings is 1. The highest BCUT2D eigenvalue weighted by Crippen LogP contribution is 2.57. The molecule has 0 bridgehead atoms. The van der Waals surface area contributed by atoms with Crippen molar-refractivity contribution in [3.05, 3.63) is 216 Å². The molecule has 0 amide bonds. The van der Waals surface area contributed by atoms with Crippen LogP contribution < -0.4 is 4.90 Å². The van der Waals surface area contributed by atoms with Crippen LogP contribution in [-0.2, 0) is 5.41 Å². The van der Waals surface area contributed by atoms with E-state index >= 15 is 0 Å². The van der Waals surface area contributed by atoms with E-state index in [0.717, 1.165) is 33.7 Å². The number of aromatic nitrogens is 1. The fourth-order valence-electron chi connectivity index (χ4n) is 8.09. The van der Waals surface area contributed by atoms with Crippen molar-refractivity contribution >= 4 is 38.9 Å². The van der Waals surface area contributed by atoms with Crippen LogP contribution in [0.3, 0.4) is 0 Å². The van der Waals surface area contributed by atoms with Gasteiger partial charge in [-0.25, -0.2) is 4.98 Å². The molecule has 0 unspecified atom stereocenters. The molecule has 1 heterocycles. The predicted octanol–water partition coefficient (Wildman–Crippen LogP) is 12.5. The van der Waals surface area contributed by atoms with Gasteiger partial charge in [0.25, 0.3) is 0 Å². The maximum absolute atomic E-state index is 6.41. The van der Waals surface area contributed by atoms with Gasteiger partial charge in [0, 0.05) is 28.7 Å². The minimum absolute atomic E-state index is 0.501. The molecule has 0 saturated heterocycles. The molecule has 0 saturated carbocycles. The summed E-state index contributed by atoms with van der Waals surface area (Å²) in [4.78, 5) is 7.19. The number of hydrogen-bond donors (Lipinski definition) is 0. The van der Waals surface area contributed by atoms with E-state index in [0.29, 0.717) is 5.89 Å². The van der Waals surface area contributed by atoms with Crippen molar-refractivity contribution in [3.8, 4) is 22.6 Å². The molecule has 0 aliphatic heterocycles. The van der Waals surface area contributed by atoms with Gasteiger partial charge in [0.1, 0.15) is 5.52 Å². The second-order valence-corrected chi connectivity index (χ2v) is 13.2. The van der Waals surface area contributed by atoms with E-state index in [-0.39, 0.29) is 0 Å². The van der Waals surface area contributed by atoms with Crippen LogP contribution in [-0.4, -0.2) is 4.98 Å². The molecular weight excluding hydrogens is 621 g/mol. The van der Waals surface area contributed by atoms with Gasteiger partial charge in [-0.3, -0.25) is 0 Å². The summed E-state index contributed by atoms with van der Waals surface area (Å²) in [5, 5.41) is 2.39. The summed E-state index contributed by atoms with van der Waals surface area (Å²) in [6.07, 6.45) is 0. The van der Waals surface area contributed by atoms with Crippen LogP contribution in [0.15, 0.2) is 199 Å². The molecule has 0 radical (unpaired) electrons. The molecule has 0 fully saturated rings. The Hall–Kier alpha value is -6.71. The lowest BCUT2D eigenvalue weighted by Crippen LogP contribution is -2.28. The lowest BCUT2D eigenvalue weighted by Gasteiger charge is -2.35. The third-order valence-corrected chi connectivity index (χ3v) is 10.3. The molecule has 10 rings (SSSR count). The molecule has 3 heteroatoms. The summed E-state index contributed by atoms with van der Waals surface area (Å²) in [7, 11) is 0. The third kappa shape index (κ3) is 4.63. The molecule has 9 aromatic rings. The average molecular weight is 653 g/mol. The van der Waals surface area contributed by atoms with Crippen molar-refractivity contribution in [1.29, 1.82) is 0 Å². The van der Waals surface area contributed by atoms with E-state index in [1.54, 1.807) is 0 Å². The van der Waals surface area contributed by atoms with Crippen LogP contribution in [0.4, 0.5) is 17.1 Å². The monoisotopic (exact) mass is 652 g/mol. The normalized spacial score (nSPS) is 12.9. The zero-order valence-electron chi connectivity index (χ0n) is 27.8. The Kier molecular flexibility index (Phi) is 6.71. The minimum Gasteiger partial charge on any atom is -0.436 e. The summed E-state index contributed by atoms with van der Waals surface area (Å²) >= 11 is 0. The van der Waals surface area contributed by atoms with E-state index < -0.39 is 5.41 Å². The van der Waals surface area contributed by atoms with E-state index in [2.05, 4.69) is 169 Å². The Morgan fingerprint density at radius 3 is 1.76 bits per heavy atom. The lowest BCUT2D eigenvalue weighted by molar-refractivity contribution is 0.620. The molecule has 0 spiro atoms. The Balaban J connectivity index is 1.22. The quantitative estimate of drug-likeness (QED) is 0.179. The fraction of sp³-hybridized carbons (Fsp3) is 0.0208. The van der Waals surface area contributed by atoms with Gasteiger partial charge in [-0.2, -0.15) is 0 Å². The van der Waals surface area contributed by atoms with Gasteiger partial charge >= 0.3 is 0 Å². The molecule has 1 aliphatic rings. The molecular formula is C48H32N2O. The minimum atomic E-state index is -0.501. The fourth-order valence-corrected chi connectivity index (χ4v) is 8.09. The topological polar surface area (TPSA) is 29.3 Å². The number of nitrogens with zero attached hydrogens (tertiary/aromatic N) is 2. The Bertz CT molecular complexity index is 2660. The SMILES string of the molecule is c1ccc(-c2nc3ccc(N(c4ccc5c(c4)C(c4ccccc4)(c4ccccc4)c4ccccc4-5)c4ccc5ccccc5c4)cc3o2)cc1. The third-order valence-electron chi connectivity index (χ3n) is 10.3. The zero-order chi connectivity index (χ0) is 33.8. The first-order valence-corrected chi connectivity index (χ1v) is 17.4. The first kappa shape index (κ1) is 29.2. The number of hydrogen-bond acceptors (Lipinski definition) is 3. The van der Waals surface area contributed by atoms with Gasteiger partial charge in [0.15, 0.2) is 5.58 Å². The highest BCUT2D eigenvalue weighted by Gasteiger charge is 2.46. The van der Waals surface area contributed by atoms with Crippen molar-refractivity contribution in [3.63, 3.8) is 0 Å².